The molecular formula is C24H29FN6O. The molecule has 2 saturated heterocycles. The van der Waals surface area contributed by atoms with Crippen LogP contribution in [0.15, 0.2) is 42.6 Å². The van der Waals surface area contributed by atoms with Crippen LogP contribution in [-0.2, 0) is 4.74 Å². The molecule has 0 saturated carbocycles. The molecule has 0 unspecified atom stereocenters. The van der Waals surface area contributed by atoms with Gasteiger partial charge in [0.2, 0.25) is 5.95 Å². The molecule has 0 aliphatic carbocycles. The van der Waals surface area contributed by atoms with E-state index in [-0.39, 0.29) is 5.82 Å². The average Bonchev–Trinajstić information content (AvgIpc) is 2.81. The number of fused-ring (bicyclic) bond motifs is 1. The highest BCUT2D eigenvalue weighted by Gasteiger charge is 2.17. The molecule has 32 heavy (non-hydrogen) atoms. The van der Waals surface area contributed by atoms with Crippen molar-refractivity contribution in [1.29, 1.82) is 0 Å². The third-order valence-corrected chi connectivity index (χ3v) is 6.23. The first-order valence-electron chi connectivity index (χ1n) is 11.3. The van der Waals surface area contributed by atoms with Crippen molar-refractivity contribution in [2.24, 2.45) is 0 Å². The zero-order valence-corrected chi connectivity index (χ0v) is 18.4. The molecule has 0 amide bonds. The van der Waals surface area contributed by atoms with Crippen molar-refractivity contribution in [1.82, 2.24) is 14.9 Å². The third-order valence-electron chi connectivity index (χ3n) is 6.23. The summed E-state index contributed by atoms with van der Waals surface area (Å²) in [5, 5.41) is 7.75. The van der Waals surface area contributed by atoms with Crippen molar-refractivity contribution in [3.05, 3.63) is 48.4 Å². The SMILES string of the molecule is CN1CCC(Nc2ccc3cnc(Nc4ccc(N5CCOCC5)c(F)c4)nc3c2)CC1. The molecule has 2 fully saturated rings. The highest BCUT2D eigenvalue weighted by Crippen LogP contribution is 2.26. The molecule has 2 aliphatic rings. The van der Waals surface area contributed by atoms with Crippen LogP contribution in [0.5, 0.6) is 0 Å². The summed E-state index contributed by atoms with van der Waals surface area (Å²) >= 11 is 0. The lowest BCUT2D eigenvalue weighted by Gasteiger charge is -2.30. The summed E-state index contributed by atoms with van der Waals surface area (Å²) in [5.41, 5.74) is 3.14. The summed E-state index contributed by atoms with van der Waals surface area (Å²) in [4.78, 5) is 13.4. The van der Waals surface area contributed by atoms with Crippen LogP contribution in [-0.4, -0.2) is 67.4 Å². The van der Waals surface area contributed by atoms with Gasteiger partial charge in [-0.1, -0.05) is 0 Å². The first kappa shape index (κ1) is 20.9. The standard InChI is InChI=1S/C24H29FN6O/c1-30-8-6-18(7-9-30)27-20-3-2-17-16-26-24(29-22(17)15-20)28-19-4-5-23(21(25)14-19)31-10-12-32-13-11-31/h2-5,14-16,18,27H,6-13H2,1H3,(H,26,28,29). The summed E-state index contributed by atoms with van der Waals surface area (Å²) < 4.78 is 20.1. The first-order chi connectivity index (χ1) is 15.6. The summed E-state index contributed by atoms with van der Waals surface area (Å²) in [6, 6.07) is 11.8. The summed E-state index contributed by atoms with van der Waals surface area (Å²) in [5.74, 6) is 0.190. The number of hydrogen-bond donors (Lipinski definition) is 2. The molecule has 5 rings (SSSR count). The number of nitrogens with zero attached hydrogens (tertiary/aromatic N) is 4. The van der Waals surface area contributed by atoms with E-state index >= 15 is 0 Å². The van der Waals surface area contributed by atoms with Crippen molar-refractivity contribution in [2.45, 2.75) is 18.9 Å². The van der Waals surface area contributed by atoms with Crippen LogP contribution in [0.25, 0.3) is 10.9 Å². The molecule has 2 aromatic carbocycles. The van der Waals surface area contributed by atoms with E-state index in [0.717, 1.165) is 42.5 Å². The number of benzene rings is 2. The molecule has 0 atom stereocenters. The second-order valence-electron chi connectivity index (χ2n) is 8.58. The van der Waals surface area contributed by atoms with Crippen molar-refractivity contribution in [2.75, 3.05) is 62.0 Å². The number of halogens is 1. The van der Waals surface area contributed by atoms with E-state index in [1.54, 1.807) is 12.3 Å². The summed E-state index contributed by atoms with van der Waals surface area (Å²) in [6.45, 7) is 4.87. The smallest absolute Gasteiger partial charge is 0.227 e. The molecular weight excluding hydrogens is 407 g/mol. The number of piperidine rings is 1. The number of hydrogen-bond acceptors (Lipinski definition) is 7. The third kappa shape index (κ3) is 4.76. The highest BCUT2D eigenvalue weighted by molar-refractivity contribution is 5.82. The normalized spacial score (nSPS) is 18.1. The van der Waals surface area contributed by atoms with Gasteiger partial charge in [0.1, 0.15) is 5.82 Å². The van der Waals surface area contributed by atoms with Gasteiger partial charge in [0.05, 0.1) is 24.4 Å². The molecule has 168 valence electrons. The Morgan fingerprint density at radius 3 is 2.56 bits per heavy atom. The number of morpholine rings is 1. The lowest BCUT2D eigenvalue weighted by atomic mass is 10.1. The van der Waals surface area contributed by atoms with Crippen molar-refractivity contribution < 1.29 is 9.13 Å². The van der Waals surface area contributed by atoms with Crippen LogP contribution in [0.1, 0.15) is 12.8 Å². The Labute approximate surface area is 187 Å². The van der Waals surface area contributed by atoms with E-state index in [9.17, 15) is 4.39 Å². The van der Waals surface area contributed by atoms with Crippen LogP contribution in [0.3, 0.4) is 0 Å². The Balaban J connectivity index is 1.30. The Kier molecular flexibility index (Phi) is 6.05. The molecule has 0 spiro atoms. The van der Waals surface area contributed by atoms with Crippen molar-refractivity contribution in [3.8, 4) is 0 Å². The van der Waals surface area contributed by atoms with E-state index in [0.29, 0.717) is 49.7 Å². The molecule has 2 aliphatic heterocycles. The molecule has 3 aromatic rings. The number of likely N-dealkylation sites (tertiary alicyclic amines) is 1. The summed E-state index contributed by atoms with van der Waals surface area (Å²) in [6.07, 6.45) is 4.07. The lowest BCUT2D eigenvalue weighted by molar-refractivity contribution is 0.122. The quantitative estimate of drug-likeness (QED) is 0.630. The largest absolute Gasteiger partial charge is 0.382 e. The molecule has 2 N–H and O–H groups in total. The van der Waals surface area contributed by atoms with E-state index in [2.05, 4.69) is 44.7 Å². The lowest BCUT2D eigenvalue weighted by Crippen LogP contribution is -2.36. The Hall–Kier alpha value is -2.97. The molecule has 0 bridgehead atoms. The van der Waals surface area contributed by atoms with Crippen LogP contribution in [0, 0.1) is 5.82 Å². The van der Waals surface area contributed by atoms with Gasteiger partial charge in [-0.15, -0.1) is 0 Å². The van der Waals surface area contributed by atoms with E-state index < -0.39 is 0 Å². The van der Waals surface area contributed by atoms with Crippen LogP contribution in [0.4, 0.5) is 27.4 Å². The molecule has 3 heterocycles. The zero-order chi connectivity index (χ0) is 21.9. The van der Waals surface area contributed by atoms with Crippen molar-refractivity contribution in [3.63, 3.8) is 0 Å². The topological polar surface area (TPSA) is 65.5 Å². The van der Waals surface area contributed by atoms with Gasteiger partial charge in [-0.2, -0.15) is 0 Å². The minimum atomic E-state index is -0.262. The Morgan fingerprint density at radius 1 is 1.00 bits per heavy atom. The number of anilines is 4. The predicted molar refractivity (Wildman–Crippen MR) is 126 cm³/mol. The van der Waals surface area contributed by atoms with Crippen LogP contribution in [0.2, 0.25) is 0 Å². The maximum absolute atomic E-state index is 14.7. The minimum Gasteiger partial charge on any atom is -0.382 e. The molecule has 8 heteroatoms. The number of nitrogens with one attached hydrogen (secondary N) is 2. The first-order valence-corrected chi connectivity index (χ1v) is 11.3. The Bertz CT molecular complexity index is 1080. The van der Waals surface area contributed by atoms with Crippen LogP contribution >= 0.6 is 0 Å². The number of aromatic nitrogens is 2. The summed E-state index contributed by atoms with van der Waals surface area (Å²) in [7, 11) is 2.17. The fourth-order valence-electron chi connectivity index (χ4n) is 4.34. The molecule has 0 radical (unpaired) electrons. The molecule has 1 aromatic heterocycles. The number of rotatable bonds is 5. The van der Waals surface area contributed by atoms with Gasteiger partial charge in [0.25, 0.3) is 0 Å². The zero-order valence-electron chi connectivity index (χ0n) is 18.4. The molecule has 7 nitrogen and oxygen atoms in total. The van der Waals surface area contributed by atoms with Gasteiger partial charge in [0.15, 0.2) is 0 Å². The van der Waals surface area contributed by atoms with Crippen molar-refractivity contribution >= 4 is 33.9 Å². The monoisotopic (exact) mass is 436 g/mol. The van der Waals surface area contributed by atoms with E-state index in [1.165, 1.54) is 6.07 Å². The predicted octanol–water partition coefficient (Wildman–Crippen LogP) is 3.86. The van der Waals surface area contributed by atoms with Gasteiger partial charge in [-0.3, -0.25) is 0 Å². The fraction of sp³-hybridized carbons (Fsp3) is 0.417. The van der Waals surface area contributed by atoms with E-state index in [4.69, 9.17) is 4.74 Å². The maximum Gasteiger partial charge on any atom is 0.227 e. The number of ether oxygens (including phenoxy) is 1. The van der Waals surface area contributed by atoms with Gasteiger partial charge in [-0.05, 0) is 69.4 Å². The fourth-order valence-corrected chi connectivity index (χ4v) is 4.34. The van der Waals surface area contributed by atoms with Crippen LogP contribution < -0.4 is 15.5 Å². The van der Waals surface area contributed by atoms with E-state index in [1.807, 2.05) is 17.0 Å². The second kappa shape index (κ2) is 9.26. The highest BCUT2D eigenvalue weighted by atomic mass is 19.1. The second-order valence-corrected chi connectivity index (χ2v) is 8.58. The average molecular weight is 437 g/mol. The van der Waals surface area contributed by atoms with Gasteiger partial charge >= 0.3 is 0 Å². The minimum absolute atomic E-state index is 0.262. The van der Waals surface area contributed by atoms with Gasteiger partial charge in [0, 0.05) is 42.1 Å². The Morgan fingerprint density at radius 2 is 1.78 bits per heavy atom. The van der Waals surface area contributed by atoms with Gasteiger partial charge in [-0.25, -0.2) is 14.4 Å². The van der Waals surface area contributed by atoms with Gasteiger partial charge < -0.3 is 25.2 Å². The maximum atomic E-state index is 14.7.